The van der Waals surface area contributed by atoms with Gasteiger partial charge in [-0.2, -0.15) is 0 Å². The molecular formula is C20H18ClN3O2. The van der Waals surface area contributed by atoms with Gasteiger partial charge in [0.25, 0.3) is 5.91 Å². The van der Waals surface area contributed by atoms with Gasteiger partial charge >= 0.3 is 0 Å². The van der Waals surface area contributed by atoms with E-state index in [9.17, 15) is 9.59 Å². The molecule has 0 saturated carbocycles. The van der Waals surface area contributed by atoms with Crippen molar-refractivity contribution in [2.24, 2.45) is 0 Å². The van der Waals surface area contributed by atoms with E-state index >= 15 is 0 Å². The van der Waals surface area contributed by atoms with Crippen LogP contribution in [-0.2, 0) is 9.59 Å². The third-order valence-corrected chi connectivity index (χ3v) is 5.03. The van der Waals surface area contributed by atoms with Gasteiger partial charge in [-0.05, 0) is 42.0 Å². The molecule has 0 radical (unpaired) electrons. The van der Waals surface area contributed by atoms with E-state index in [2.05, 4.69) is 22.3 Å². The predicted molar refractivity (Wildman–Crippen MR) is 104 cm³/mol. The van der Waals surface area contributed by atoms with Gasteiger partial charge in [0.05, 0.1) is 0 Å². The average Bonchev–Trinajstić information content (AvgIpc) is 2.97. The Hall–Kier alpha value is -2.79. The van der Waals surface area contributed by atoms with Crippen LogP contribution in [0.5, 0.6) is 0 Å². The van der Waals surface area contributed by atoms with Gasteiger partial charge < -0.3 is 15.1 Å². The van der Waals surface area contributed by atoms with E-state index in [-0.39, 0.29) is 5.91 Å². The van der Waals surface area contributed by atoms with E-state index in [0.717, 1.165) is 55.1 Å². The van der Waals surface area contributed by atoms with Crippen LogP contribution in [0.1, 0.15) is 11.1 Å². The maximum absolute atomic E-state index is 12.3. The van der Waals surface area contributed by atoms with Crippen LogP contribution >= 0.6 is 11.6 Å². The van der Waals surface area contributed by atoms with Gasteiger partial charge in [0.15, 0.2) is 0 Å². The minimum atomic E-state index is -0.115. The molecule has 2 heterocycles. The second-order valence-corrected chi connectivity index (χ2v) is 6.86. The average molecular weight is 368 g/mol. The summed E-state index contributed by atoms with van der Waals surface area (Å²) < 4.78 is 0. The third kappa shape index (κ3) is 3.18. The second-order valence-electron chi connectivity index (χ2n) is 6.42. The minimum Gasteiger partial charge on any atom is -0.368 e. The summed E-state index contributed by atoms with van der Waals surface area (Å²) in [6.45, 7) is 3.14. The van der Waals surface area contributed by atoms with Crippen molar-refractivity contribution in [3.8, 4) is 0 Å². The zero-order chi connectivity index (χ0) is 18.1. The molecule has 1 fully saturated rings. The minimum absolute atomic E-state index is 0.115. The van der Waals surface area contributed by atoms with Crippen LogP contribution in [0.4, 0.5) is 11.4 Å². The smallest absolute Gasteiger partial charge is 0.256 e. The number of amides is 2. The highest BCUT2D eigenvalue weighted by Gasteiger charge is 2.24. The molecule has 0 spiro atoms. The zero-order valence-electron chi connectivity index (χ0n) is 14.1. The number of nitrogens with one attached hydrogen (secondary N) is 1. The summed E-state index contributed by atoms with van der Waals surface area (Å²) in [6, 6.07) is 13.5. The van der Waals surface area contributed by atoms with E-state index < -0.39 is 0 Å². The Kier molecular flexibility index (Phi) is 4.39. The van der Waals surface area contributed by atoms with Crippen LogP contribution in [0.3, 0.4) is 0 Å². The standard InChI is InChI=1S/C20H18ClN3O2/c21-15-3-6-19-17(12-15)18(20(26)22-19)11-14-1-4-16(5-2-14)24-9-7-23(13-25)8-10-24/h1-6,11-13H,7-10H2,(H,22,26). The Bertz CT molecular complexity index is 884. The van der Waals surface area contributed by atoms with Crippen LogP contribution in [0.25, 0.3) is 11.6 Å². The fourth-order valence-electron chi connectivity index (χ4n) is 3.34. The first-order chi connectivity index (χ1) is 12.6. The third-order valence-electron chi connectivity index (χ3n) is 4.80. The van der Waals surface area contributed by atoms with Crippen LogP contribution in [0, 0.1) is 0 Å². The Balaban J connectivity index is 1.55. The Morgan fingerprint density at radius 1 is 1.00 bits per heavy atom. The highest BCUT2D eigenvalue weighted by Crippen LogP contribution is 2.35. The number of carbonyl (C=O) groups is 2. The van der Waals surface area contributed by atoms with Crippen molar-refractivity contribution in [3.05, 3.63) is 58.6 Å². The lowest BCUT2D eigenvalue weighted by Crippen LogP contribution is -2.45. The number of hydrogen-bond acceptors (Lipinski definition) is 3. The van der Waals surface area contributed by atoms with Gasteiger partial charge in [-0.25, -0.2) is 0 Å². The number of carbonyl (C=O) groups excluding carboxylic acids is 2. The van der Waals surface area contributed by atoms with Crippen molar-refractivity contribution >= 4 is 46.9 Å². The van der Waals surface area contributed by atoms with Gasteiger partial charge in [0.1, 0.15) is 0 Å². The summed E-state index contributed by atoms with van der Waals surface area (Å²) in [5, 5.41) is 3.47. The fourth-order valence-corrected chi connectivity index (χ4v) is 3.51. The largest absolute Gasteiger partial charge is 0.368 e. The maximum Gasteiger partial charge on any atom is 0.256 e. The van der Waals surface area contributed by atoms with Crippen molar-refractivity contribution in [2.45, 2.75) is 0 Å². The number of piperazine rings is 1. The number of fused-ring (bicyclic) bond motifs is 1. The molecule has 2 aromatic carbocycles. The van der Waals surface area contributed by atoms with Crippen molar-refractivity contribution in [1.29, 1.82) is 0 Å². The highest BCUT2D eigenvalue weighted by molar-refractivity contribution is 6.36. The maximum atomic E-state index is 12.3. The van der Waals surface area contributed by atoms with E-state index in [4.69, 9.17) is 11.6 Å². The molecule has 0 aliphatic carbocycles. The quantitative estimate of drug-likeness (QED) is 0.670. The molecular weight excluding hydrogens is 350 g/mol. The molecule has 1 saturated heterocycles. The summed E-state index contributed by atoms with van der Waals surface area (Å²) in [5.74, 6) is -0.115. The molecule has 26 heavy (non-hydrogen) atoms. The predicted octanol–water partition coefficient (Wildman–Crippen LogP) is 3.11. The number of hydrogen-bond donors (Lipinski definition) is 1. The second kappa shape index (κ2) is 6.84. The van der Waals surface area contributed by atoms with Crippen molar-refractivity contribution in [1.82, 2.24) is 4.90 Å². The molecule has 6 heteroatoms. The number of rotatable bonds is 3. The number of benzene rings is 2. The fraction of sp³-hybridized carbons (Fsp3) is 0.200. The summed E-state index contributed by atoms with van der Waals surface area (Å²) in [7, 11) is 0. The Morgan fingerprint density at radius 3 is 2.42 bits per heavy atom. The van der Waals surface area contributed by atoms with E-state index in [1.165, 1.54) is 0 Å². The first-order valence-corrected chi connectivity index (χ1v) is 8.89. The van der Waals surface area contributed by atoms with Crippen LogP contribution in [0.15, 0.2) is 42.5 Å². The van der Waals surface area contributed by atoms with Crippen LogP contribution in [0.2, 0.25) is 5.02 Å². The SMILES string of the molecule is O=CN1CCN(c2ccc(C=C3C(=O)Nc4ccc(Cl)cc43)cc2)CC1. The van der Waals surface area contributed by atoms with Crippen molar-refractivity contribution in [3.63, 3.8) is 0 Å². The molecule has 2 amide bonds. The molecule has 4 rings (SSSR count). The summed E-state index contributed by atoms with van der Waals surface area (Å²) in [5.41, 5.74) is 4.32. The number of anilines is 2. The molecule has 1 N–H and O–H groups in total. The highest BCUT2D eigenvalue weighted by atomic mass is 35.5. The van der Waals surface area contributed by atoms with Crippen molar-refractivity contribution in [2.75, 3.05) is 36.4 Å². The van der Waals surface area contributed by atoms with E-state index in [1.807, 2.05) is 30.3 Å². The molecule has 5 nitrogen and oxygen atoms in total. The van der Waals surface area contributed by atoms with Gasteiger partial charge in [0.2, 0.25) is 6.41 Å². The lowest BCUT2D eigenvalue weighted by Gasteiger charge is -2.34. The molecule has 2 aromatic rings. The van der Waals surface area contributed by atoms with Gasteiger partial charge in [-0.1, -0.05) is 23.7 Å². The molecule has 0 unspecified atom stereocenters. The lowest BCUT2D eigenvalue weighted by atomic mass is 10.0. The summed E-state index contributed by atoms with van der Waals surface area (Å²) in [6.07, 6.45) is 2.79. The first-order valence-electron chi connectivity index (χ1n) is 8.51. The Labute approximate surface area is 156 Å². The summed E-state index contributed by atoms with van der Waals surface area (Å²) >= 11 is 6.07. The topological polar surface area (TPSA) is 52.7 Å². The molecule has 0 atom stereocenters. The lowest BCUT2D eigenvalue weighted by molar-refractivity contribution is -0.118. The monoisotopic (exact) mass is 367 g/mol. The normalized spacial score (nSPS) is 18.0. The number of nitrogens with zero attached hydrogens (tertiary/aromatic N) is 2. The Morgan fingerprint density at radius 2 is 1.73 bits per heavy atom. The van der Waals surface area contributed by atoms with Gasteiger partial charge in [0, 0.05) is 53.7 Å². The van der Waals surface area contributed by atoms with Crippen molar-refractivity contribution < 1.29 is 9.59 Å². The van der Waals surface area contributed by atoms with Gasteiger partial charge in [-0.3, -0.25) is 9.59 Å². The molecule has 2 aliphatic heterocycles. The summed E-state index contributed by atoms with van der Waals surface area (Å²) in [4.78, 5) is 27.1. The molecule has 132 valence electrons. The van der Waals surface area contributed by atoms with Crippen LogP contribution in [-0.4, -0.2) is 43.4 Å². The first kappa shape index (κ1) is 16.7. The molecule has 0 bridgehead atoms. The number of halogens is 1. The molecule has 0 aromatic heterocycles. The van der Waals surface area contributed by atoms with Gasteiger partial charge in [-0.15, -0.1) is 0 Å². The van der Waals surface area contributed by atoms with Crippen LogP contribution < -0.4 is 10.2 Å². The zero-order valence-corrected chi connectivity index (χ0v) is 14.9. The van der Waals surface area contributed by atoms with E-state index in [0.29, 0.717) is 10.6 Å². The van der Waals surface area contributed by atoms with E-state index in [1.54, 1.807) is 11.0 Å². The molecule has 2 aliphatic rings.